The zero-order chi connectivity index (χ0) is 19.5. The molecule has 1 N–H and O–H groups in total. The Bertz CT molecular complexity index is 625. The Morgan fingerprint density at radius 1 is 1.08 bits per heavy atom. The summed E-state index contributed by atoms with van der Waals surface area (Å²) in [5.41, 5.74) is 12.2. The fraction of sp³-hybridized carbons (Fsp3) is 0.368. The Hall–Kier alpha value is 0.810. The molecule has 0 heterocycles. The Labute approximate surface area is 188 Å². The number of rotatable bonds is 0. The number of fused-ring (bicyclic) bond motifs is 3. The van der Waals surface area contributed by atoms with Crippen molar-refractivity contribution in [3.63, 3.8) is 0 Å². The molecule has 0 saturated carbocycles. The Kier molecular flexibility index (Phi) is 14.4. The van der Waals surface area contributed by atoms with Crippen LogP contribution in [0.5, 0.6) is 0 Å². The molecule has 1 aliphatic carbocycles. The van der Waals surface area contributed by atoms with Crippen molar-refractivity contribution in [2.75, 3.05) is 0 Å². The molecule has 3 rings (SSSR count). The van der Waals surface area contributed by atoms with Gasteiger partial charge in [-0.1, -0.05) is 95.4 Å². The Morgan fingerprint density at radius 3 is 2.08 bits per heavy atom. The first-order chi connectivity index (χ1) is 11.7. The third kappa shape index (κ3) is 12.0. The summed E-state index contributed by atoms with van der Waals surface area (Å²) in [6.07, 6.45) is 1.04. The van der Waals surface area contributed by atoms with Crippen molar-refractivity contribution >= 4 is 49.1 Å². The van der Waals surface area contributed by atoms with Gasteiger partial charge in [0.25, 0.3) is 0 Å². The fourth-order valence-corrected chi connectivity index (χ4v) is 2.53. The van der Waals surface area contributed by atoms with Crippen LogP contribution < -0.4 is 0 Å². The van der Waals surface area contributed by atoms with Crippen LogP contribution in [0, 0.1) is 9.64 Å². The van der Waals surface area contributed by atoms with Gasteiger partial charge in [-0.2, -0.15) is 18.2 Å². The summed E-state index contributed by atoms with van der Waals surface area (Å²) in [5.74, 6) is 0. The number of nitrogens with one attached hydrogen (secondary N) is 1. The molecule has 135 valence electrons. The van der Waals surface area contributed by atoms with Crippen molar-refractivity contribution in [3.05, 3.63) is 62.9 Å². The summed E-state index contributed by atoms with van der Waals surface area (Å²) in [6.45, 7) is 9.98. The van der Waals surface area contributed by atoms with Crippen molar-refractivity contribution in [1.29, 1.82) is 0 Å². The molecule has 1 aliphatic rings. The van der Waals surface area contributed by atoms with Crippen molar-refractivity contribution in [2.24, 2.45) is 0 Å². The van der Waals surface area contributed by atoms with Gasteiger partial charge in [-0.25, -0.2) is 0 Å². The average Bonchev–Trinajstić information content (AvgIpc) is 2.84. The van der Waals surface area contributed by atoms with Gasteiger partial charge in [-0.3, -0.25) is 0 Å². The van der Waals surface area contributed by atoms with Gasteiger partial charge in [0.15, 0.2) is 0 Å². The summed E-state index contributed by atoms with van der Waals surface area (Å²) in [6, 6.07) is 16.4. The van der Waals surface area contributed by atoms with Crippen molar-refractivity contribution in [3.8, 4) is 11.1 Å². The standard InChI is InChI=1S/C13H8I.C4H10N.C2H7Si.2ClH.Zr/c14-11-5-6-13-10(8-11)7-9-3-1-2-4-12(9)13;1-4(2,3)5;1-3-2;;;/h1-6H,7H2;5H,1-3H3;3H,1-2H3;2*1H;/q2*-1;;;;+4/p-2. The second-order valence-electron chi connectivity index (χ2n) is 6.43. The SMILES string of the molecule is CC(C)(C)[NH-].C[SiH]C.Ic1[c-]c2c(cc1)-c1ccccc1C2.[Cl][Zr+2][Cl]. The fourth-order valence-electron chi connectivity index (χ4n) is 2.03. The van der Waals surface area contributed by atoms with Gasteiger partial charge >= 0.3 is 37.9 Å². The molecule has 0 aliphatic heterocycles. The van der Waals surface area contributed by atoms with Crippen LogP contribution in [0.3, 0.4) is 0 Å². The molecule has 2 aromatic rings. The number of hydrogen-bond acceptors (Lipinski definition) is 0. The molecule has 0 bridgehead atoms. The average molecular weight is 585 g/mol. The molecule has 0 aromatic heterocycles. The van der Waals surface area contributed by atoms with E-state index in [0.717, 1.165) is 15.9 Å². The molecule has 1 radical (unpaired) electrons. The van der Waals surface area contributed by atoms with E-state index in [2.05, 4.69) is 78.1 Å². The van der Waals surface area contributed by atoms with E-state index < -0.39 is 20.8 Å². The van der Waals surface area contributed by atoms with E-state index in [-0.39, 0.29) is 5.54 Å². The summed E-state index contributed by atoms with van der Waals surface area (Å²) in [4.78, 5) is 0. The molecule has 2 aromatic carbocycles. The van der Waals surface area contributed by atoms with Gasteiger partial charge in [0.1, 0.15) is 0 Å². The molecular formula is C19H25Cl2INSiZr. The van der Waals surface area contributed by atoms with Crippen LogP contribution in [0.15, 0.2) is 36.4 Å². The van der Waals surface area contributed by atoms with Gasteiger partial charge in [-0.15, -0.1) is 16.7 Å². The molecular weight excluding hydrogens is 559 g/mol. The molecule has 0 spiro atoms. The van der Waals surface area contributed by atoms with E-state index in [1.165, 1.54) is 25.8 Å². The van der Waals surface area contributed by atoms with Crippen LogP contribution in [-0.4, -0.2) is 15.1 Å². The molecule has 25 heavy (non-hydrogen) atoms. The molecule has 1 nitrogen and oxygen atoms in total. The van der Waals surface area contributed by atoms with E-state index in [9.17, 15) is 0 Å². The topological polar surface area (TPSA) is 23.8 Å². The quantitative estimate of drug-likeness (QED) is 0.150. The van der Waals surface area contributed by atoms with Crippen LogP contribution in [-0.2, 0) is 27.3 Å². The maximum absolute atomic E-state index is 6.94. The molecule has 0 atom stereocenters. The minimum absolute atomic E-state index is 0.250. The third-order valence-corrected chi connectivity index (χ3v) is 3.30. The minimum atomic E-state index is -0.826. The van der Waals surface area contributed by atoms with E-state index in [1.807, 2.05) is 20.8 Å². The van der Waals surface area contributed by atoms with Gasteiger partial charge in [-0.05, 0) is 6.42 Å². The number of hydrogen-bond donors (Lipinski definition) is 0. The van der Waals surface area contributed by atoms with E-state index >= 15 is 0 Å². The third-order valence-electron chi connectivity index (χ3n) is 2.67. The van der Waals surface area contributed by atoms with Crippen molar-refractivity contribution in [2.45, 2.75) is 45.8 Å². The zero-order valence-electron chi connectivity index (χ0n) is 15.4. The molecule has 6 heteroatoms. The van der Waals surface area contributed by atoms with Gasteiger partial charge in [0.05, 0.1) is 0 Å². The molecule has 0 saturated heterocycles. The van der Waals surface area contributed by atoms with Crippen LogP contribution in [0.4, 0.5) is 0 Å². The first kappa shape index (κ1) is 25.8. The van der Waals surface area contributed by atoms with Crippen LogP contribution in [0.25, 0.3) is 16.9 Å². The van der Waals surface area contributed by atoms with Crippen LogP contribution >= 0.6 is 39.6 Å². The summed E-state index contributed by atoms with van der Waals surface area (Å²) < 4.78 is 1.20. The van der Waals surface area contributed by atoms with E-state index in [4.69, 9.17) is 22.8 Å². The number of halogens is 3. The van der Waals surface area contributed by atoms with Gasteiger partial charge < -0.3 is 5.73 Å². The normalized spacial score (nSPS) is 10.4. The summed E-state index contributed by atoms with van der Waals surface area (Å²) >= 11 is 1.49. The molecule has 0 amide bonds. The number of benzene rings is 2. The zero-order valence-corrected chi connectivity index (χ0v) is 22.7. The summed E-state index contributed by atoms with van der Waals surface area (Å²) in [5, 5.41) is 0. The molecule has 0 fully saturated rings. The predicted molar refractivity (Wildman–Crippen MR) is 121 cm³/mol. The van der Waals surface area contributed by atoms with Crippen molar-refractivity contribution < 1.29 is 20.8 Å². The predicted octanol–water partition coefficient (Wildman–Crippen LogP) is 7.40. The summed E-state index contributed by atoms with van der Waals surface area (Å²) in [7, 11) is 10.6. The van der Waals surface area contributed by atoms with E-state index in [0.29, 0.717) is 0 Å². The van der Waals surface area contributed by atoms with Crippen LogP contribution in [0.1, 0.15) is 31.9 Å². The monoisotopic (exact) mass is 582 g/mol. The van der Waals surface area contributed by atoms with E-state index in [1.54, 1.807) is 0 Å². The van der Waals surface area contributed by atoms with Gasteiger partial charge in [0, 0.05) is 9.52 Å². The first-order valence-electron chi connectivity index (χ1n) is 7.92. The molecule has 0 unspecified atom stereocenters. The second kappa shape index (κ2) is 13.9. The first-order valence-corrected chi connectivity index (χ1v) is 17.6. The van der Waals surface area contributed by atoms with Crippen molar-refractivity contribution in [1.82, 2.24) is 0 Å². The Balaban J connectivity index is 0.000000441. The van der Waals surface area contributed by atoms with Gasteiger partial charge in [0.2, 0.25) is 0 Å². The van der Waals surface area contributed by atoms with Crippen LogP contribution in [0.2, 0.25) is 13.1 Å². The maximum atomic E-state index is 6.94. The second-order valence-corrected chi connectivity index (χ2v) is 12.5. The Morgan fingerprint density at radius 2 is 1.56 bits per heavy atom.